The largest absolute Gasteiger partial charge is 0.490 e. The van der Waals surface area contributed by atoms with Crippen LogP contribution < -0.4 is 14.4 Å². The molecule has 0 atom stereocenters. The van der Waals surface area contributed by atoms with Crippen LogP contribution in [-0.2, 0) is 4.79 Å². The Labute approximate surface area is 199 Å². The summed E-state index contributed by atoms with van der Waals surface area (Å²) in [6, 6.07) is 19.3. The molecule has 1 fully saturated rings. The molecule has 0 spiro atoms. The summed E-state index contributed by atoms with van der Waals surface area (Å²) in [4.78, 5) is 27.3. The number of halogens is 1. The van der Waals surface area contributed by atoms with Gasteiger partial charge >= 0.3 is 5.97 Å². The van der Waals surface area contributed by atoms with Crippen LogP contribution in [0.4, 0.5) is 10.1 Å². The zero-order chi connectivity index (χ0) is 23.4. The van der Waals surface area contributed by atoms with Gasteiger partial charge in [0.15, 0.2) is 15.8 Å². The Morgan fingerprint density at radius 2 is 1.79 bits per heavy atom. The second kappa shape index (κ2) is 9.97. The normalized spacial score (nSPS) is 14.6. The summed E-state index contributed by atoms with van der Waals surface area (Å²) in [5, 5.41) is 0. The topological polar surface area (TPSA) is 55.8 Å². The lowest BCUT2D eigenvalue weighted by atomic mass is 10.1. The van der Waals surface area contributed by atoms with Gasteiger partial charge < -0.3 is 9.47 Å². The van der Waals surface area contributed by atoms with Crippen LogP contribution in [0, 0.1) is 5.82 Å². The quantitative estimate of drug-likeness (QED) is 0.191. The van der Waals surface area contributed by atoms with Crippen LogP contribution in [0.25, 0.3) is 6.08 Å². The van der Waals surface area contributed by atoms with Crippen molar-refractivity contribution in [2.75, 3.05) is 11.5 Å². The van der Waals surface area contributed by atoms with E-state index in [0.717, 1.165) is 0 Å². The Morgan fingerprint density at radius 3 is 2.48 bits per heavy atom. The molecule has 0 bridgehead atoms. The number of esters is 1. The van der Waals surface area contributed by atoms with Crippen molar-refractivity contribution in [3.8, 4) is 11.5 Å². The van der Waals surface area contributed by atoms with E-state index >= 15 is 0 Å². The number of rotatable bonds is 6. The Kier molecular flexibility index (Phi) is 6.86. The standard InChI is InChI=1S/C25H18FNO4S2/c1-2-30-21-14-16(8-13-20(21)31-24(29)17-9-11-18(26)12-10-17)15-22-23(28)27(25(32)33-22)19-6-4-3-5-7-19/h3-15H,2H2,1H3/b22-15+. The molecule has 1 aliphatic rings. The average molecular weight is 480 g/mol. The first-order valence-corrected chi connectivity index (χ1v) is 11.3. The number of hydrogen-bond donors (Lipinski definition) is 0. The maximum absolute atomic E-state index is 13.1. The van der Waals surface area contributed by atoms with Crippen LogP contribution in [0.1, 0.15) is 22.8 Å². The van der Waals surface area contributed by atoms with E-state index in [4.69, 9.17) is 21.7 Å². The van der Waals surface area contributed by atoms with E-state index in [2.05, 4.69) is 0 Å². The fraction of sp³-hybridized carbons (Fsp3) is 0.0800. The van der Waals surface area contributed by atoms with Crippen LogP contribution in [0.5, 0.6) is 11.5 Å². The van der Waals surface area contributed by atoms with E-state index in [-0.39, 0.29) is 17.2 Å². The van der Waals surface area contributed by atoms with Gasteiger partial charge in [-0.3, -0.25) is 9.69 Å². The lowest BCUT2D eigenvalue weighted by molar-refractivity contribution is -0.113. The van der Waals surface area contributed by atoms with Crippen molar-refractivity contribution in [3.05, 3.63) is 94.6 Å². The first-order chi connectivity index (χ1) is 16.0. The molecule has 1 aliphatic heterocycles. The summed E-state index contributed by atoms with van der Waals surface area (Å²) in [5.41, 5.74) is 1.61. The molecule has 0 radical (unpaired) electrons. The minimum absolute atomic E-state index is 0.207. The molecule has 33 heavy (non-hydrogen) atoms. The fourth-order valence-corrected chi connectivity index (χ4v) is 4.43. The lowest BCUT2D eigenvalue weighted by Crippen LogP contribution is -2.27. The van der Waals surface area contributed by atoms with E-state index < -0.39 is 11.8 Å². The lowest BCUT2D eigenvalue weighted by Gasteiger charge is -2.14. The third-order valence-electron chi connectivity index (χ3n) is 4.66. The van der Waals surface area contributed by atoms with E-state index in [1.165, 1.54) is 40.9 Å². The summed E-state index contributed by atoms with van der Waals surface area (Å²) < 4.78 is 24.7. The van der Waals surface area contributed by atoms with Crippen LogP contribution in [-0.4, -0.2) is 22.8 Å². The third-order valence-corrected chi connectivity index (χ3v) is 5.96. The van der Waals surface area contributed by atoms with Gasteiger partial charge in [-0.1, -0.05) is 48.2 Å². The number of carbonyl (C=O) groups is 2. The Bertz CT molecular complexity index is 1240. The number of carbonyl (C=O) groups excluding carboxylic acids is 2. The number of thiocarbonyl (C=S) groups is 1. The minimum Gasteiger partial charge on any atom is -0.490 e. The van der Waals surface area contributed by atoms with Crippen LogP contribution in [0.15, 0.2) is 77.7 Å². The molecule has 1 saturated heterocycles. The SMILES string of the molecule is CCOc1cc(/C=C2/SC(=S)N(c3ccccc3)C2=O)ccc1OC(=O)c1ccc(F)cc1. The highest BCUT2D eigenvalue weighted by Gasteiger charge is 2.33. The number of hydrogen-bond acceptors (Lipinski definition) is 6. The maximum atomic E-state index is 13.1. The van der Waals surface area contributed by atoms with Crippen molar-refractivity contribution in [2.45, 2.75) is 6.92 Å². The van der Waals surface area contributed by atoms with Gasteiger partial charge in [-0.15, -0.1) is 0 Å². The van der Waals surface area contributed by atoms with Gasteiger partial charge in [-0.25, -0.2) is 9.18 Å². The van der Waals surface area contributed by atoms with Crippen LogP contribution >= 0.6 is 24.0 Å². The highest BCUT2D eigenvalue weighted by atomic mass is 32.2. The summed E-state index contributed by atoms with van der Waals surface area (Å²) in [5.74, 6) is -0.711. The second-order valence-corrected chi connectivity index (χ2v) is 8.56. The number of ether oxygens (including phenoxy) is 2. The van der Waals surface area contributed by atoms with Gasteiger partial charge in [-0.05, 0) is 67.1 Å². The molecule has 5 nitrogen and oxygen atoms in total. The van der Waals surface area contributed by atoms with E-state index in [9.17, 15) is 14.0 Å². The smallest absolute Gasteiger partial charge is 0.343 e. The van der Waals surface area contributed by atoms with Crippen molar-refractivity contribution in [1.29, 1.82) is 0 Å². The molecule has 3 aromatic rings. The monoisotopic (exact) mass is 479 g/mol. The first kappa shape index (κ1) is 22.7. The number of benzene rings is 3. The van der Waals surface area contributed by atoms with Gasteiger partial charge in [0, 0.05) is 0 Å². The zero-order valence-electron chi connectivity index (χ0n) is 17.5. The zero-order valence-corrected chi connectivity index (χ0v) is 19.1. The van der Waals surface area contributed by atoms with Gasteiger partial charge in [0.05, 0.1) is 22.8 Å². The van der Waals surface area contributed by atoms with Crippen molar-refractivity contribution in [2.24, 2.45) is 0 Å². The van der Waals surface area contributed by atoms with Gasteiger partial charge in [-0.2, -0.15) is 0 Å². The minimum atomic E-state index is -0.632. The van der Waals surface area contributed by atoms with Gasteiger partial charge in [0.25, 0.3) is 5.91 Å². The van der Waals surface area contributed by atoms with Crippen LogP contribution in [0.2, 0.25) is 0 Å². The van der Waals surface area contributed by atoms with Crippen molar-refractivity contribution in [1.82, 2.24) is 0 Å². The number of amides is 1. The van der Waals surface area contributed by atoms with Gasteiger partial charge in [0.2, 0.25) is 0 Å². The molecule has 1 heterocycles. The molecule has 166 valence electrons. The summed E-state index contributed by atoms with van der Waals surface area (Å²) in [6.07, 6.45) is 1.72. The molecular formula is C25H18FNO4S2. The first-order valence-electron chi connectivity index (χ1n) is 10.0. The predicted molar refractivity (Wildman–Crippen MR) is 131 cm³/mol. The summed E-state index contributed by atoms with van der Waals surface area (Å²) >= 11 is 6.62. The highest BCUT2D eigenvalue weighted by molar-refractivity contribution is 8.27. The highest BCUT2D eigenvalue weighted by Crippen LogP contribution is 2.37. The second-order valence-electron chi connectivity index (χ2n) is 6.89. The van der Waals surface area contributed by atoms with E-state index in [0.29, 0.717) is 32.8 Å². The van der Waals surface area contributed by atoms with E-state index in [1.807, 2.05) is 37.3 Å². The summed E-state index contributed by atoms with van der Waals surface area (Å²) in [7, 11) is 0. The third kappa shape index (κ3) is 5.13. The molecular weight excluding hydrogens is 461 g/mol. The van der Waals surface area contributed by atoms with Crippen LogP contribution in [0.3, 0.4) is 0 Å². The molecule has 4 rings (SSSR count). The van der Waals surface area contributed by atoms with Crippen molar-refractivity contribution in [3.63, 3.8) is 0 Å². The molecule has 3 aromatic carbocycles. The summed E-state index contributed by atoms with van der Waals surface area (Å²) in [6.45, 7) is 2.16. The van der Waals surface area contributed by atoms with Crippen molar-refractivity contribution < 1.29 is 23.5 Å². The Hall–Kier alpha value is -3.49. The Morgan fingerprint density at radius 1 is 1.06 bits per heavy atom. The molecule has 0 saturated carbocycles. The average Bonchev–Trinajstić information content (AvgIpc) is 3.09. The number of anilines is 1. The Balaban J connectivity index is 1.58. The maximum Gasteiger partial charge on any atom is 0.343 e. The number of nitrogens with zero attached hydrogens (tertiary/aromatic N) is 1. The van der Waals surface area contributed by atoms with E-state index in [1.54, 1.807) is 24.3 Å². The molecule has 0 unspecified atom stereocenters. The predicted octanol–water partition coefficient (Wildman–Crippen LogP) is 5.85. The molecule has 0 aliphatic carbocycles. The molecule has 1 amide bonds. The molecule has 8 heteroatoms. The fourth-order valence-electron chi connectivity index (χ4n) is 3.13. The number of para-hydroxylation sites is 1. The molecule has 0 aromatic heterocycles. The number of thioether (sulfide) groups is 1. The van der Waals surface area contributed by atoms with Crippen molar-refractivity contribution >= 4 is 51.9 Å². The molecule has 0 N–H and O–H groups in total. The van der Waals surface area contributed by atoms with Gasteiger partial charge in [0.1, 0.15) is 5.82 Å².